The van der Waals surface area contributed by atoms with Gasteiger partial charge in [-0.2, -0.15) is 0 Å². The molecule has 0 aliphatic carbocycles. The molecule has 7 heteroatoms. The van der Waals surface area contributed by atoms with Crippen molar-refractivity contribution in [2.75, 3.05) is 14.2 Å². The molecule has 2 heterocycles. The molecule has 4 rings (SSSR count). The summed E-state index contributed by atoms with van der Waals surface area (Å²) >= 11 is 0. The number of pyridine rings is 1. The van der Waals surface area contributed by atoms with Crippen LogP contribution in [-0.2, 0) is 16.1 Å². The number of carbonyl (C=O) groups is 2. The monoisotopic (exact) mass is 444 g/mol. The Labute approximate surface area is 191 Å². The summed E-state index contributed by atoms with van der Waals surface area (Å²) in [6.45, 7) is 2.02. The fourth-order valence-electron chi connectivity index (χ4n) is 4.05. The van der Waals surface area contributed by atoms with E-state index in [1.165, 1.54) is 4.90 Å². The van der Waals surface area contributed by atoms with Gasteiger partial charge in [0.2, 0.25) is 0 Å². The quantitative estimate of drug-likeness (QED) is 0.351. The molecule has 1 amide bonds. The minimum absolute atomic E-state index is 0.0404. The van der Waals surface area contributed by atoms with E-state index in [2.05, 4.69) is 4.98 Å². The van der Waals surface area contributed by atoms with Gasteiger partial charge in [-0.15, -0.1) is 0 Å². The van der Waals surface area contributed by atoms with Crippen LogP contribution in [0.15, 0.2) is 72.6 Å². The number of hydrogen-bond acceptors (Lipinski definition) is 6. The zero-order valence-corrected chi connectivity index (χ0v) is 18.6. The Kier molecular flexibility index (Phi) is 6.13. The number of aryl methyl sites for hydroxylation is 1. The number of aliphatic hydroxyl groups excluding tert-OH is 1. The predicted octanol–water partition coefficient (Wildman–Crippen LogP) is 4.03. The smallest absolute Gasteiger partial charge is 0.295 e. The third-order valence-corrected chi connectivity index (χ3v) is 5.72. The Bertz CT molecular complexity index is 1220. The molecule has 1 N–H and O–H groups in total. The molecule has 7 nitrogen and oxygen atoms in total. The van der Waals surface area contributed by atoms with Crippen molar-refractivity contribution in [3.8, 4) is 11.5 Å². The Balaban J connectivity index is 1.85. The summed E-state index contributed by atoms with van der Waals surface area (Å²) in [5.74, 6) is -0.324. The Morgan fingerprint density at radius 3 is 2.42 bits per heavy atom. The van der Waals surface area contributed by atoms with Gasteiger partial charge in [-0.05, 0) is 60.0 Å². The molecule has 1 fully saturated rings. The van der Waals surface area contributed by atoms with E-state index >= 15 is 0 Å². The van der Waals surface area contributed by atoms with Crippen LogP contribution in [0.3, 0.4) is 0 Å². The van der Waals surface area contributed by atoms with E-state index in [1.54, 1.807) is 75.1 Å². The van der Waals surface area contributed by atoms with Gasteiger partial charge < -0.3 is 19.5 Å². The number of likely N-dealkylation sites (tertiary alicyclic amines) is 1. The number of benzene rings is 2. The maximum atomic E-state index is 13.2. The van der Waals surface area contributed by atoms with Gasteiger partial charge in [0.15, 0.2) is 0 Å². The number of aliphatic hydroxyl groups is 1. The summed E-state index contributed by atoms with van der Waals surface area (Å²) in [5, 5.41) is 11.2. The normalized spacial score (nSPS) is 17.3. The summed E-state index contributed by atoms with van der Waals surface area (Å²) in [5.41, 5.74) is 2.74. The molecule has 0 bridgehead atoms. The lowest BCUT2D eigenvalue weighted by molar-refractivity contribution is -0.140. The highest BCUT2D eigenvalue weighted by Crippen LogP contribution is 2.41. The van der Waals surface area contributed by atoms with Crippen LogP contribution in [0.4, 0.5) is 0 Å². The summed E-state index contributed by atoms with van der Waals surface area (Å²) in [6.07, 6.45) is 3.29. The largest absolute Gasteiger partial charge is 0.507 e. The molecule has 1 aromatic heterocycles. The molecular weight excluding hydrogens is 420 g/mol. The average molecular weight is 444 g/mol. The second-order valence-corrected chi connectivity index (χ2v) is 7.75. The lowest BCUT2D eigenvalue weighted by atomic mass is 9.94. The van der Waals surface area contributed by atoms with Crippen molar-refractivity contribution in [2.24, 2.45) is 0 Å². The van der Waals surface area contributed by atoms with Gasteiger partial charge in [-0.3, -0.25) is 14.6 Å². The van der Waals surface area contributed by atoms with Crippen molar-refractivity contribution in [1.29, 1.82) is 0 Å². The molecule has 0 unspecified atom stereocenters. The van der Waals surface area contributed by atoms with Crippen molar-refractivity contribution in [3.05, 3.63) is 94.8 Å². The number of aromatic nitrogens is 1. The zero-order valence-electron chi connectivity index (χ0n) is 18.6. The van der Waals surface area contributed by atoms with Crippen LogP contribution in [0.1, 0.15) is 28.3 Å². The minimum atomic E-state index is -0.765. The Morgan fingerprint density at radius 2 is 1.82 bits per heavy atom. The summed E-state index contributed by atoms with van der Waals surface area (Å²) in [7, 11) is 3.13. The number of ether oxygens (including phenoxy) is 2. The molecule has 1 aliphatic rings. The average Bonchev–Trinajstić information content (AvgIpc) is 3.09. The fourth-order valence-corrected chi connectivity index (χ4v) is 4.05. The number of rotatable bonds is 6. The highest BCUT2D eigenvalue weighted by atomic mass is 16.5. The summed E-state index contributed by atoms with van der Waals surface area (Å²) < 4.78 is 10.5. The molecule has 1 saturated heterocycles. The van der Waals surface area contributed by atoms with Crippen LogP contribution in [0, 0.1) is 6.92 Å². The number of methoxy groups -OCH3 is 2. The molecular formula is C26H24N2O5. The SMILES string of the molecule is COc1ccc([C@@H]2C(=C(O)c3ccc(OC)c(C)c3)C(=O)C(=O)N2Cc2cccnc2)cc1. The number of nitrogens with zero attached hydrogens (tertiary/aromatic N) is 2. The number of Topliss-reactive ketones (excluding diaryl/α,β-unsaturated/α-hetero) is 1. The van der Waals surface area contributed by atoms with Crippen LogP contribution in [0.5, 0.6) is 11.5 Å². The summed E-state index contributed by atoms with van der Waals surface area (Å²) in [4.78, 5) is 31.8. The van der Waals surface area contributed by atoms with Crippen molar-refractivity contribution in [2.45, 2.75) is 19.5 Å². The maximum absolute atomic E-state index is 13.2. The van der Waals surface area contributed by atoms with Crippen molar-refractivity contribution >= 4 is 17.4 Å². The standard InChI is InChI=1S/C26H24N2O5/c1-16-13-19(8-11-21(16)33-3)24(29)22-23(18-6-9-20(32-2)10-7-18)28(26(31)25(22)30)15-17-5-4-12-27-14-17/h4-14,23,29H,15H2,1-3H3/t23-/m1/s1. The van der Waals surface area contributed by atoms with Gasteiger partial charge in [-0.1, -0.05) is 18.2 Å². The fraction of sp³-hybridized carbons (Fsp3) is 0.192. The van der Waals surface area contributed by atoms with Gasteiger partial charge in [0.25, 0.3) is 11.7 Å². The Hall–Kier alpha value is -4.13. The molecule has 33 heavy (non-hydrogen) atoms. The highest BCUT2D eigenvalue weighted by molar-refractivity contribution is 6.46. The number of amides is 1. The molecule has 0 saturated carbocycles. The first-order chi connectivity index (χ1) is 15.9. The van der Waals surface area contributed by atoms with Crippen LogP contribution in [0.25, 0.3) is 5.76 Å². The molecule has 3 aromatic rings. The van der Waals surface area contributed by atoms with Crippen molar-refractivity contribution in [3.63, 3.8) is 0 Å². The van der Waals surface area contributed by atoms with E-state index in [0.717, 1.165) is 11.1 Å². The van der Waals surface area contributed by atoms with E-state index in [9.17, 15) is 14.7 Å². The van der Waals surface area contributed by atoms with Crippen LogP contribution in [0.2, 0.25) is 0 Å². The van der Waals surface area contributed by atoms with Gasteiger partial charge >= 0.3 is 0 Å². The van der Waals surface area contributed by atoms with E-state index in [0.29, 0.717) is 22.6 Å². The first-order valence-electron chi connectivity index (χ1n) is 10.4. The van der Waals surface area contributed by atoms with E-state index in [1.807, 2.05) is 13.0 Å². The first kappa shape index (κ1) is 22.1. The lowest BCUT2D eigenvalue weighted by Gasteiger charge is -2.25. The maximum Gasteiger partial charge on any atom is 0.295 e. The van der Waals surface area contributed by atoms with Gasteiger partial charge in [0.1, 0.15) is 17.3 Å². The molecule has 2 aromatic carbocycles. The van der Waals surface area contributed by atoms with Gasteiger partial charge in [0.05, 0.1) is 25.8 Å². The first-order valence-corrected chi connectivity index (χ1v) is 10.4. The molecule has 0 radical (unpaired) electrons. The van der Waals surface area contributed by atoms with Crippen LogP contribution in [-0.4, -0.2) is 40.9 Å². The van der Waals surface area contributed by atoms with Crippen LogP contribution >= 0.6 is 0 Å². The minimum Gasteiger partial charge on any atom is -0.507 e. The van der Waals surface area contributed by atoms with Crippen molar-refractivity contribution < 1.29 is 24.2 Å². The molecule has 1 atom stereocenters. The number of hydrogen-bond donors (Lipinski definition) is 1. The lowest BCUT2D eigenvalue weighted by Crippen LogP contribution is -2.29. The third-order valence-electron chi connectivity index (χ3n) is 5.72. The molecule has 1 aliphatic heterocycles. The zero-order chi connectivity index (χ0) is 23.5. The van der Waals surface area contributed by atoms with Crippen molar-refractivity contribution in [1.82, 2.24) is 9.88 Å². The highest BCUT2D eigenvalue weighted by Gasteiger charge is 2.46. The van der Waals surface area contributed by atoms with E-state index in [-0.39, 0.29) is 17.9 Å². The second kappa shape index (κ2) is 9.16. The Morgan fingerprint density at radius 1 is 1.06 bits per heavy atom. The number of ketones is 1. The topological polar surface area (TPSA) is 89.0 Å². The third kappa shape index (κ3) is 4.17. The van der Waals surface area contributed by atoms with E-state index < -0.39 is 17.7 Å². The predicted molar refractivity (Wildman–Crippen MR) is 123 cm³/mol. The second-order valence-electron chi connectivity index (χ2n) is 7.75. The number of carbonyl (C=O) groups excluding carboxylic acids is 2. The summed E-state index contributed by atoms with van der Waals surface area (Å²) in [6, 6.07) is 15.1. The van der Waals surface area contributed by atoms with Crippen LogP contribution < -0.4 is 9.47 Å². The van der Waals surface area contributed by atoms with Gasteiger partial charge in [-0.25, -0.2) is 0 Å². The molecule has 168 valence electrons. The van der Waals surface area contributed by atoms with E-state index in [4.69, 9.17) is 9.47 Å². The van der Waals surface area contributed by atoms with Gasteiger partial charge in [0, 0.05) is 24.5 Å². The molecule has 0 spiro atoms.